The van der Waals surface area contributed by atoms with E-state index in [-0.39, 0.29) is 0 Å². The van der Waals surface area contributed by atoms with Crippen molar-refractivity contribution in [1.82, 2.24) is 4.98 Å². The first kappa shape index (κ1) is 25.3. The van der Waals surface area contributed by atoms with Crippen molar-refractivity contribution in [2.24, 2.45) is 0 Å². The number of rotatable bonds is 11. The summed E-state index contributed by atoms with van der Waals surface area (Å²) < 4.78 is 0. The highest BCUT2D eigenvalue weighted by molar-refractivity contribution is 6.09. The zero-order valence-corrected chi connectivity index (χ0v) is 22.9. The van der Waals surface area contributed by atoms with Crippen molar-refractivity contribution in [3.8, 4) is 22.3 Å². The number of hydrogen-bond donors (Lipinski definition) is 1. The number of aromatic amines is 1. The van der Waals surface area contributed by atoms with Gasteiger partial charge in [-0.1, -0.05) is 94.6 Å². The van der Waals surface area contributed by atoms with Crippen molar-refractivity contribution < 1.29 is 0 Å². The van der Waals surface area contributed by atoms with Crippen LogP contribution in [0.5, 0.6) is 0 Å². The molecule has 0 saturated heterocycles. The Balaban J connectivity index is 1.55. The third kappa shape index (κ3) is 5.82. The topological polar surface area (TPSA) is 15.8 Å². The quantitative estimate of drug-likeness (QED) is 0.191. The number of aryl methyl sites for hydroxylation is 3. The number of hydrogen-bond acceptors (Lipinski definition) is 0. The molecule has 0 radical (unpaired) electrons. The number of nitrogens with one attached hydrogen (secondary N) is 1. The second-order valence-electron chi connectivity index (χ2n) is 10.7. The monoisotopic (exact) mass is 487 g/mol. The molecule has 190 valence electrons. The molecule has 1 nitrogen and oxygen atoms in total. The summed E-state index contributed by atoms with van der Waals surface area (Å²) in [7, 11) is 0. The maximum atomic E-state index is 3.65. The molecule has 0 aliphatic rings. The summed E-state index contributed by atoms with van der Waals surface area (Å²) >= 11 is 0. The van der Waals surface area contributed by atoms with E-state index in [2.05, 4.69) is 105 Å². The van der Waals surface area contributed by atoms with Gasteiger partial charge in [-0.2, -0.15) is 0 Å². The van der Waals surface area contributed by atoms with Crippen LogP contribution in [0.1, 0.15) is 76.0 Å². The molecule has 4 aromatic carbocycles. The molecular formula is C36H41N. The third-order valence-corrected chi connectivity index (χ3v) is 7.70. The molecular weight excluding hydrogens is 446 g/mol. The summed E-state index contributed by atoms with van der Waals surface area (Å²) in [6.45, 7) is 6.82. The van der Waals surface area contributed by atoms with Crippen LogP contribution in [0, 0.1) is 0 Å². The zero-order chi connectivity index (χ0) is 25.6. The van der Waals surface area contributed by atoms with Crippen LogP contribution in [0.3, 0.4) is 0 Å². The molecule has 0 spiro atoms. The predicted molar refractivity (Wildman–Crippen MR) is 163 cm³/mol. The minimum absolute atomic E-state index is 1.15. The van der Waals surface area contributed by atoms with E-state index in [1.54, 1.807) is 0 Å². The lowest BCUT2D eigenvalue weighted by molar-refractivity contribution is 0.781. The molecule has 0 aliphatic carbocycles. The summed E-state index contributed by atoms with van der Waals surface area (Å²) in [6.07, 6.45) is 10.9. The lowest BCUT2D eigenvalue weighted by Gasteiger charge is -2.11. The molecule has 0 saturated carbocycles. The molecule has 5 aromatic rings. The van der Waals surface area contributed by atoms with Crippen molar-refractivity contribution in [3.05, 3.63) is 95.6 Å². The van der Waals surface area contributed by atoms with E-state index < -0.39 is 0 Å². The van der Waals surface area contributed by atoms with E-state index in [1.807, 2.05) is 0 Å². The van der Waals surface area contributed by atoms with Gasteiger partial charge in [0.25, 0.3) is 0 Å². The fourth-order valence-corrected chi connectivity index (χ4v) is 5.52. The molecule has 0 bridgehead atoms. The van der Waals surface area contributed by atoms with Crippen LogP contribution in [0.4, 0.5) is 0 Å². The van der Waals surface area contributed by atoms with Gasteiger partial charge >= 0.3 is 0 Å². The summed E-state index contributed by atoms with van der Waals surface area (Å²) in [5, 5.41) is 2.62. The minimum Gasteiger partial charge on any atom is -0.355 e. The Kier molecular flexibility index (Phi) is 8.09. The third-order valence-electron chi connectivity index (χ3n) is 7.70. The van der Waals surface area contributed by atoms with Gasteiger partial charge in [-0.05, 0) is 102 Å². The van der Waals surface area contributed by atoms with Crippen molar-refractivity contribution >= 4 is 21.8 Å². The predicted octanol–water partition coefficient (Wildman–Crippen LogP) is 10.7. The lowest BCUT2D eigenvalue weighted by Crippen LogP contribution is -1.92. The largest absolute Gasteiger partial charge is 0.355 e. The van der Waals surface area contributed by atoms with Gasteiger partial charge in [-0.25, -0.2) is 0 Å². The molecule has 1 heterocycles. The Hall–Kier alpha value is -3.32. The zero-order valence-electron chi connectivity index (χ0n) is 22.9. The maximum absolute atomic E-state index is 3.65. The normalized spacial score (nSPS) is 11.5. The van der Waals surface area contributed by atoms with E-state index in [4.69, 9.17) is 0 Å². The summed E-state index contributed by atoms with van der Waals surface area (Å²) in [4.78, 5) is 3.65. The fraction of sp³-hybridized carbons (Fsp3) is 0.333. The van der Waals surface area contributed by atoms with Gasteiger partial charge in [0.1, 0.15) is 0 Å². The van der Waals surface area contributed by atoms with Crippen LogP contribution in [0.2, 0.25) is 0 Å². The summed E-state index contributed by atoms with van der Waals surface area (Å²) in [5.41, 5.74) is 12.1. The Morgan fingerprint density at radius 2 is 0.946 bits per heavy atom. The van der Waals surface area contributed by atoms with Crippen LogP contribution < -0.4 is 0 Å². The van der Waals surface area contributed by atoms with Crippen LogP contribution in [-0.2, 0) is 19.3 Å². The highest BCUT2D eigenvalue weighted by Gasteiger charge is 2.10. The number of aromatic nitrogens is 1. The van der Waals surface area contributed by atoms with Gasteiger partial charge in [0, 0.05) is 21.8 Å². The SMILES string of the molecule is CCCCc1cccc(-c2ccc3[nH]c4ccc(-c5cc(CCCC)cc(CCCC)c5)cc4c3c2)c1. The Labute approximate surface area is 222 Å². The van der Waals surface area contributed by atoms with Crippen molar-refractivity contribution in [2.45, 2.75) is 78.6 Å². The van der Waals surface area contributed by atoms with Gasteiger partial charge in [0.15, 0.2) is 0 Å². The van der Waals surface area contributed by atoms with Crippen LogP contribution in [-0.4, -0.2) is 4.98 Å². The van der Waals surface area contributed by atoms with Gasteiger partial charge < -0.3 is 4.98 Å². The average Bonchev–Trinajstić information content (AvgIpc) is 3.31. The number of benzene rings is 4. The van der Waals surface area contributed by atoms with Gasteiger partial charge in [0.2, 0.25) is 0 Å². The van der Waals surface area contributed by atoms with Gasteiger partial charge in [-0.15, -0.1) is 0 Å². The summed E-state index contributed by atoms with van der Waals surface area (Å²) in [5.74, 6) is 0. The first-order chi connectivity index (χ1) is 18.2. The highest BCUT2D eigenvalue weighted by atomic mass is 14.7. The lowest BCUT2D eigenvalue weighted by atomic mass is 9.94. The molecule has 0 aliphatic heterocycles. The maximum Gasteiger partial charge on any atom is 0.0465 e. The molecule has 1 aromatic heterocycles. The van der Waals surface area contributed by atoms with Crippen LogP contribution >= 0.6 is 0 Å². The van der Waals surface area contributed by atoms with Crippen molar-refractivity contribution in [2.75, 3.05) is 0 Å². The van der Waals surface area contributed by atoms with Gasteiger partial charge in [-0.3, -0.25) is 0 Å². The molecule has 1 heteroatoms. The van der Waals surface area contributed by atoms with Crippen LogP contribution in [0.25, 0.3) is 44.1 Å². The molecule has 0 fully saturated rings. The van der Waals surface area contributed by atoms with Crippen LogP contribution in [0.15, 0.2) is 78.9 Å². The standard InChI is InChI=1S/C36H41N/c1-4-7-11-26-14-10-15-29(21-26)30-16-18-35-33(24-30)34-25-31(17-19-36(34)37-35)32-22-27(12-8-5-2)20-28(23-32)13-9-6-3/h10,14-25,37H,4-9,11-13H2,1-3H3. The first-order valence-corrected chi connectivity index (χ1v) is 14.5. The Morgan fingerprint density at radius 1 is 0.459 bits per heavy atom. The van der Waals surface area contributed by atoms with Gasteiger partial charge in [0.05, 0.1) is 0 Å². The second kappa shape index (κ2) is 11.8. The van der Waals surface area contributed by atoms with Crippen molar-refractivity contribution in [3.63, 3.8) is 0 Å². The Morgan fingerprint density at radius 3 is 1.51 bits per heavy atom. The van der Waals surface area contributed by atoms with E-state index in [1.165, 1.54) is 112 Å². The highest BCUT2D eigenvalue weighted by Crippen LogP contribution is 2.34. The molecule has 5 rings (SSSR count). The molecule has 1 N–H and O–H groups in total. The molecule has 0 atom stereocenters. The number of unbranched alkanes of at least 4 members (excludes halogenated alkanes) is 3. The van der Waals surface area contributed by atoms with E-state index in [0.717, 1.165) is 6.42 Å². The smallest absolute Gasteiger partial charge is 0.0465 e. The first-order valence-electron chi connectivity index (χ1n) is 14.5. The van der Waals surface area contributed by atoms with E-state index in [9.17, 15) is 0 Å². The summed E-state index contributed by atoms with van der Waals surface area (Å²) in [6, 6.07) is 30.2. The fourth-order valence-electron chi connectivity index (χ4n) is 5.52. The Bertz CT molecular complexity index is 1460. The average molecular weight is 488 g/mol. The number of H-pyrrole nitrogens is 1. The minimum atomic E-state index is 1.15. The van der Waals surface area contributed by atoms with E-state index >= 15 is 0 Å². The second-order valence-corrected chi connectivity index (χ2v) is 10.7. The number of fused-ring (bicyclic) bond motifs is 3. The molecule has 0 unspecified atom stereocenters. The van der Waals surface area contributed by atoms with Crippen molar-refractivity contribution in [1.29, 1.82) is 0 Å². The van der Waals surface area contributed by atoms with E-state index in [0.29, 0.717) is 0 Å². The molecule has 37 heavy (non-hydrogen) atoms. The molecule has 0 amide bonds.